The molecular formula is C14H13Cl2FO. The minimum Gasteiger partial charge on any atom is -0.472 e. The molecular weight excluding hydrogens is 274 g/mol. The molecule has 0 N–H and O–H groups in total. The number of alkyl halides is 2. The van der Waals surface area contributed by atoms with Crippen molar-refractivity contribution in [2.75, 3.05) is 11.8 Å². The molecule has 1 aromatic carbocycles. The first-order valence-corrected chi connectivity index (χ1v) is 6.66. The zero-order chi connectivity index (χ0) is 13.0. The van der Waals surface area contributed by atoms with Crippen LogP contribution in [-0.4, -0.2) is 11.8 Å². The summed E-state index contributed by atoms with van der Waals surface area (Å²) in [5, 5.41) is 0. The van der Waals surface area contributed by atoms with Crippen LogP contribution in [0.2, 0.25) is 0 Å². The number of hydrogen-bond donors (Lipinski definition) is 0. The Morgan fingerprint density at radius 2 is 1.94 bits per heavy atom. The zero-order valence-electron chi connectivity index (χ0n) is 9.70. The van der Waals surface area contributed by atoms with E-state index in [-0.39, 0.29) is 5.82 Å². The SMILES string of the molecule is Fc1cccc(C(CCl)(CCl)Cc2ccoc2)c1. The first kappa shape index (κ1) is 13.4. The Kier molecular flexibility index (Phi) is 4.31. The highest BCUT2D eigenvalue weighted by Gasteiger charge is 2.31. The summed E-state index contributed by atoms with van der Waals surface area (Å²) in [6, 6.07) is 8.30. The standard InChI is InChI=1S/C14H13Cl2FO/c15-9-14(10-16,7-11-4-5-18-8-11)12-2-1-3-13(17)6-12/h1-6,8H,7,9-10H2. The molecule has 0 aliphatic rings. The first-order valence-electron chi connectivity index (χ1n) is 5.59. The van der Waals surface area contributed by atoms with E-state index in [2.05, 4.69) is 0 Å². The summed E-state index contributed by atoms with van der Waals surface area (Å²) in [6.07, 6.45) is 3.89. The Morgan fingerprint density at radius 3 is 2.50 bits per heavy atom. The van der Waals surface area contributed by atoms with Crippen LogP contribution in [-0.2, 0) is 11.8 Å². The van der Waals surface area contributed by atoms with Crippen LogP contribution in [0.1, 0.15) is 11.1 Å². The van der Waals surface area contributed by atoms with Crippen LogP contribution in [0.5, 0.6) is 0 Å². The summed E-state index contributed by atoms with van der Waals surface area (Å²) >= 11 is 12.2. The molecule has 2 aromatic rings. The zero-order valence-corrected chi connectivity index (χ0v) is 11.2. The van der Waals surface area contributed by atoms with Gasteiger partial charge in [-0.25, -0.2) is 4.39 Å². The molecule has 0 aliphatic carbocycles. The van der Waals surface area contributed by atoms with E-state index < -0.39 is 5.41 Å². The molecule has 0 amide bonds. The summed E-state index contributed by atoms with van der Waals surface area (Å²) in [5.74, 6) is 0.371. The second-order valence-electron chi connectivity index (χ2n) is 4.37. The third kappa shape index (κ3) is 2.70. The summed E-state index contributed by atoms with van der Waals surface area (Å²) < 4.78 is 18.4. The third-order valence-electron chi connectivity index (χ3n) is 3.07. The van der Waals surface area contributed by atoms with Crippen LogP contribution >= 0.6 is 23.2 Å². The maximum absolute atomic E-state index is 13.3. The highest BCUT2D eigenvalue weighted by molar-refractivity contribution is 6.22. The molecule has 4 heteroatoms. The quantitative estimate of drug-likeness (QED) is 0.744. The fourth-order valence-electron chi connectivity index (χ4n) is 1.99. The molecule has 96 valence electrons. The van der Waals surface area contributed by atoms with Crippen molar-refractivity contribution in [3.63, 3.8) is 0 Å². The van der Waals surface area contributed by atoms with Gasteiger partial charge in [0.15, 0.2) is 0 Å². The van der Waals surface area contributed by atoms with E-state index >= 15 is 0 Å². The van der Waals surface area contributed by atoms with Crippen LogP contribution < -0.4 is 0 Å². The maximum atomic E-state index is 13.3. The molecule has 0 saturated heterocycles. The summed E-state index contributed by atoms with van der Waals surface area (Å²) in [6.45, 7) is 0. The van der Waals surface area contributed by atoms with Gasteiger partial charge < -0.3 is 4.42 Å². The smallest absolute Gasteiger partial charge is 0.123 e. The van der Waals surface area contributed by atoms with Crippen molar-refractivity contribution in [3.05, 3.63) is 59.8 Å². The molecule has 1 heterocycles. The molecule has 0 atom stereocenters. The van der Waals surface area contributed by atoms with Gasteiger partial charge in [0.2, 0.25) is 0 Å². The molecule has 0 fully saturated rings. The normalized spacial score (nSPS) is 11.7. The van der Waals surface area contributed by atoms with E-state index in [1.807, 2.05) is 12.1 Å². The van der Waals surface area contributed by atoms with Gasteiger partial charge >= 0.3 is 0 Å². The number of furan rings is 1. The van der Waals surface area contributed by atoms with Crippen LogP contribution in [0.25, 0.3) is 0 Å². The van der Waals surface area contributed by atoms with Crippen molar-refractivity contribution in [1.82, 2.24) is 0 Å². The van der Waals surface area contributed by atoms with E-state index in [9.17, 15) is 4.39 Å². The lowest BCUT2D eigenvalue weighted by Crippen LogP contribution is -2.33. The van der Waals surface area contributed by atoms with Gasteiger partial charge in [-0.05, 0) is 35.7 Å². The number of hydrogen-bond acceptors (Lipinski definition) is 1. The molecule has 0 radical (unpaired) electrons. The van der Waals surface area contributed by atoms with E-state index in [1.165, 1.54) is 12.1 Å². The highest BCUT2D eigenvalue weighted by atomic mass is 35.5. The predicted molar refractivity (Wildman–Crippen MR) is 71.9 cm³/mol. The Hall–Kier alpha value is -0.990. The van der Waals surface area contributed by atoms with Crippen molar-refractivity contribution in [3.8, 4) is 0 Å². The molecule has 0 unspecified atom stereocenters. The highest BCUT2D eigenvalue weighted by Crippen LogP contribution is 2.32. The second-order valence-corrected chi connectivity index (χ2v) is 4.90. The van der Waals surface area contributed by atoms with Crippen molar-refractivity contribution < 1.29 is 8.81 Å². The van der Waals surface area contributed by atoms with Gasteiger partial charge in [0.1, 0.15) is 5.82 Å². The number of benzene rings is 1. The lowest BCUT2D eigenvalue weighted by Gasteiger charge is -2.29. The van der Waals surface area contributed by atoms with Gasteiger partial charge in [0.05, 0.1) is 12.5 Å². The molecule has 0 spiro atoms. The monoisotopic (exact) mass is 286 g/mol. The van der Waals surface area contributed by atoms with E-state index in [1.54, 1.807) is 18.6 Å². The lowest BCUT2D eigenvalue weighted by atomic mass is 9.79. The third-order valence-corrected chi connectivity index (χ3v) is 4.09. The Morgan fingerprint density at radius 1 is 1.17 bits per heavy atom. The van der Waals surface area contributed by atoms with Gasteiger partial charge in [-0.2, -0.15) is 0 Å². The summed E-state index contributed by atoms with van der Waals surface area (Å²) in [5.41, 5.74) is 1.34. The minimum atomic E-state index is -0.477. The van der Waals surface area contributed by atoms with Crippen molar-refractivity contribution in [2.24, 2.45) is 0 Å². The van der Waals surface area contributed by atoms with Crippen LogP contribution in [0, 0.1) is 5.82 Å². The molecule has 1 nitrogen and oxygen atoms in total. The van der Waals surface area contributed by atoms with Gasteiger partial charge in [0.25, 0.3) is 0 Å². The van der Waals surface area contributed by atoms with E-state index in [0.717, 1.165) is 11.1 Å². The molecule has 1 aromatic heterocycles. The van der Waals surface area contributed by atoms with E-state index in [0.29, 0.717) is 18.2 Å². The second kappa shape index (κ2) is 5.77. The average molecular weight is 287 g/mol. The Labute approximate surface area is 116 Å². The lowest BCUT2D eigenvalue weighted by molar-refractivity contribution is 0.517. The van der Waals surface area contributed by atoms with Gasteiger partial charge in [-0.3, -0.25) is 0 Å². The molecule has 0 bridgehead atoms. The van der Waals surface area contributed by atoms with Gasteiger partial charge in [-0.1, -0.05) is 12.1 Å². The van der Waals surface area contributed by atoms with Crippen molar-refractivity contribution >= 4 is 23.2 Å². The predicted octanol–water partition coefficient (Wildman–Crippen LogP) is 4.38. The topological polar surface area (TPSA) is 13.1 Å². The molecule has 0 aliphatic heterocycles. The fourth-order valence-corrected chi connectivity index (χ4v) is 2.77. The van der Waals surface area contributed by atoms with E-state index in [4.69, 9.17) is 27.6 Å². The first-order chi connectivity index (χ1) is 8.70. The number of halogens is 3. The van der Waals surface area contributed by atoms with Crippen LogP contribution in [0.3, 0.4) is 0 Å². The van der Waals surface area contributed by atoms with Gasteiger partial charge in [0, 0.05) is 17.2 Å². The fraction of sp³-hybridized carbons (Fsp3) is 0.286. The molecule has 0 saturated carbocycles. The number of rotatable bonds is 5. The molecule has 18 heavy (non-hydrogen) atoms. The summed E-state index contributed by atoms with van der Waals surface area (Å²) in [7, 11) is 0. The maximum Gasteiger partial charge on any atom is 0.123 e. The molecule has 2 rings (SSSR count). The van der Waals surface area contributed by atoms with Crippen molar-refractivity contribution in [1.29, 1.82) is 0 Å². The van der Waals surface area contributed by atoms with Crippen molar-refractivity contribution in [2.45, 2.75) is 11.8 Å². The Balaban J connectivity index is 2.37. The van der Waals surface area contributed by atoms with Crippen LogP contribution in [0.15, 0.2) is 47.3 Å². The summed E-state index contributed by atoms with van der Waals surface area (Å²) in [4.78, 5) is 0. The van der Waals surface area contributed by atoms with Gasteiger partial charge in [-0.15, -0.1) is 23.2 Å². The largest absolute Gasteiger partial charge is 0.472 e. The minimum absolute atomic E-state index is 0.278. The van der Waals surface area contributed by atoms with Crippen LogP contribution in [0.4, 0.5) is 4.39 Å². The Bertz CT molecular complexity index is 492. The average Bonchev–Trinajstić information content (AvgIpc) is 2.89.